The summed E-state index contributed by atoms with van der Waals surface area (Å²) in [6.07, 6.45) is 0.339. The van der Waals surface area contributed by atoms with Gasteiger partial charge in [-0.3, -0.25) is 19.2 Å². The lowest BCUT2D eigenvalue weighted by Gasteiger charge is -2.08. The van der Waals surface area contributed by atoms with Crippen molar-refractivity contribution < 1.29 is 29.4 Å². The fourth-order valence-electron chi connectivity index (χ4n) is 1.58. The van der Waals surface area contributed by atoms with Crippen molar-refractivity contribution >= 4 is 45.3 Å². The second kappa shape index (κ2) is 14.6. The molecule has 150 valence electrons. The zero-order chi connectivity index (χ0) is 19.9. The lowest BCUT2D eigenvalue weighted by molar-refractivity contribution is -0.139. The van der Waals surface area contributed by atoms with Crippen LogP contribution in [-0.2, 0) is 19.2 Å². The summed E-state index contributed by atoms with van der Waals surface area (Å²) >= 11 is 0. The standard InChI is InChI=1S/C14H26N4O6S2/c15-9(13(21)22)1-3-11(19)17-5-7-25-26-8-6-18-12(20)4-2-10(16)14(23)24/h9-10H,1-8,15-16H2,(H,17,19)(H,18,20)(H,21,22)(H,23,24)/t9-,10-/m0/s1. The molecule has 12 heteroatoms. The molecule has 0 aromatic rings. The first-order valence-corrected chi connectivity index (χ1v) is 10.5. The Bertz CT molecular complexity index is 438. The summed E-state index contributed by atoms with van der Waals surface area (Å²) in [6.45, 7) is 0.913. The molecule has 0 aliphatic heterocycles. The van der Waals surface area contributed by atoms with E-state index in [0.29, 0.717) is 24.6 Å². The van der Waals surface area contributed by atoms with Gasteiger partial charge < -0.3 is 32.3 Å². The van der Waals surface area contributed by atoms with Crippen molar-refractivity contribution in [1.29, 1.82) is 0 Å². The number of hydrogen-bond acceptors (Lipinski definition) is 8. The maximum absolute atomic E-state index is 11.5. The highest BCUT2D eigenvalue weighted by atomic mass is 33.1. The van der Waals surface area contributed by atoms with Crippen LogP contribution in [0.5, 0.6) is 0 Å². The van der Waals surface area contributed by atoms with Gasteiger partial charge >= 0.3 is 11.9 Å². The van der Waals surface area contributed by atoms with Crippen LogP contribution in [0.1, 0.15) is 25.7 Å². The Morgan fingerprint density at radius 2 is 1.12 bits per heavy atom. The van der Waals surface area contributed by atoms with E-state index in [4.69, 9.17) is 21.7 Å². The highest BCUT2D eigenvalue weighted by molar-refractivity contribution is 8.76. The molecule has 8 N–H and O–H groups in total. The number of carbonyl (C=O) groups is 4. The lowest BCUT2D eigenvalue weighted by Crippen LogP contribution is -2.33. The van der Waals surface area contributed by atoms with Crippen LogP contribution in [-0.4, -0.2) is 70.6 Å². The number of carboxylic acids is 2. The van der Waals surface area contributed by atoms with Gasteiger partial charge in [-0.2, -0.15) is 0 Å². The molecule has 26 heavy (non-hydrogen) atoms. The minimum absolute atomic E-state index is 0.0723. The molecule has 0 aliphatic rings. The fourth-order valence-corrected chi connectivity index (χ4v) is 3.39. The zero-order valence-corrected chi connectivity index (χ0v) is 15.9. The molecule has 0 saturated heterocycles. The van der Waals surface area contributed by atoms with Crippen LogP contribution in [0, 0.1) is 0 Å². The van der Waals surface area contributed by atoms with Crippen LogP contribution in [0.4, 0.5) is 0 Å². The van der Waals surface area contributed by atoms with Crippen LogP contribution in [0.15, 0.2) is 0 Å². The molecule has 0 unspecified atom stereocenters. The Hall–Kier alpha value is -1.50. The predicted octanol–water partition coefficient (Wildman–Crippen LogP) is -1.02. The molecule has 0 spiro atoms. The Morgan fingerprint density at radius 1 is 0.769 bits per heavy atom. The summed E-state index contributed by atoms with van der Waals surface area (Å²) in [4.78, 5) is 44.0. The van der Waals surface area contributed by atoms with Gasteiger partial charge in [-0.25, -0.2) is 0 Å². The normalized spacial score (nSPS) is 12.8. The Balaban J connectivity index is 3.48. The fraction of sp³-hybridized carbons (Fsp3) is 0.714. The third-order valence-corrected chi connectivity index (χ3v) is 5.51. The number of carbonyl (C=O) groups excluding carboxylic acids is 2. The molecule has 0 fully saturated rings. The highest BCUT2D eigenvalue weighted by Gasteiger charge is 2.14. The van der Waals surface area contributed by atoms with E-state index in [1.807, 2.05) is 0 Å². The van der Waals surface area contributed by atoms with E-state index in [1.165, 1.54) is 21.6 Å². The number of rotatable bonds is 15. The Kier molecular flexibility index (Phi) is 13.8. The molecule has 2 amide bonds. The number of amides is 2. The lowest BCUT2D eigenvalue weighted by atomic mass is 10.1. The molecule has 0 bridgehead atoms. The van der Waals surface area contributed by atoms with Crippen molar-refractivity contribution in [2.75, 3.05) is 24.6 Å². The average Bonchev–Trinajstić information content (AvgIpc) is 2.59. The highest BCUT2D eigenvalue weighted by Crippen LogP contribution is 2.19. The quantitative estimate of drug-likeness (QED) is 0.144. The number of aliphatic carboxylic acids is 2. The number of carboxylic acid groups (broad SMARTS) is 2. The molecule has 0 heterocycles. The number of nitrogens with one attached hydrogen (secondary N) is 2. The molecule has 0 aliphatic carbocycles. The summed E-state index contributed by atoms with van der Waals surface area (Å²) < 4.78 is 0. The van der Waals surface area contributed by atoms with E-state index < -0.39 is 24.0 Å². The van der Waals surface area contributed by atoms with Gasteiger partial charge in [-0.05, 0) is 12.8 Å². The minimum Gasteiger partial charge on any atom is -0.480 e. The van der Waals surface area contributed by atoms with Crippen molar-refractivity contribution in [1.82, 2.24) is 10.6 Å². The maximum Gasteiger partial charge on any atom is 0.320 e. The minimum atomic E-state index is -1.12. The molecule has 0 saturated carbocycles. The molecule has 10 nitrogen and oxygen atoms in total. The summed E-state index contributed by atoms with van der Waals surface area (Å²) in [5.74, 6) is -1.38. The second-order valence-electron chi connectivity index (χ2n) is 5.31. The topological polar surface area (TPSA) is 185 Å². The molecule has 2 atom stereocenters. The van der Waals surface area contributed by atoms with Gasteiger partial charge in [-0.15, -0.1) is 0 Å². The number of nitrogens with two attached hydrogens (primary N) is 2. The molecule has 0 aromatic carbocycles. The summed E-state index contributed by atoms with van der Waals surface area (Å²) in [5.41, 5.74) is 10.6. The molecular formula is C14H26N4O6S2. The van der Waals surface area contributed by atoms with Gasteiger partial charge in [0.05, 0.1) is 0 Å². The first kappa shape index (κ1) is 24.5. The van der Waals surface area contributed by atoms with Crippen molar-refractivity contribution in [2.45, 2.75) is 37.8 Å². The van der Waals surface area contributed by atoms with Gasteiger partial charge in [0.1, 0.15) is 12.1 Å². The van der Waals surface area contributed by atoms with E-state index in [9.17, 15) is 19.2 Å². The van der Waals surface area contributed by atoms with Crippen molar-refractivity contribution in [3.05, 3.63) is 0 Å². The van der Waals surface area contributed by atoms with E-state index in [2.05, 4.69) is 10.6 Å². The monoisotopic (exact) mass is 410 g/mol. The average molecular weight is 411 g/mol. The zero-order valence-electron chi connectivity index (χ0n) is 14.3. The summed E-state index contributed by atoms with van der Waals surface area (Å²) in [6, 6.07) is -2.05. The van der Waals surface area contributed by atoms with Crippen molar-refractivity contribution in [2.24, 2.45) is 11.5 Å². The first-order valence-electron chi connectivity index (χ1n) is 7.98. The second-order valence-corrected chi connectivity index (χ2v) is 8.01. The smallest absolute Gasteiger partial charge is 0.320 e. The van der Waals surface area contributed by atoms with Crippen molar-refractivity contribution in [3.63, 3.8) is 0 Å². The first-order chi connectivity index (χ1) is 12.2. The Morgan fingerprint density at radius 3 is 1.42 bits per heavy atom. The molecule has 0 rings (SSSR count). The molecule has 0 radical (unpaired) electrons. The third kappa shape index (κ3) is 13.8. The van der Waals surface area contributed by atoms with Gasteiger partial charge in [0.2, 0.25) is 11.8 Å². The Labute approximate surface area is 159 Å². The maximum atomic E-state index is 11.5. The van der Waals surface area contributed by atoms with E-state index in [0.717, 1.165) is 0 Å². The number of hydrogen-bond donors (Lipinski definition) is 6. The van der Waals surface area contributed by atoms with Crippen LogP contribution < -0.4 is 22.1 Å². The van der Waals surface area contributed by atoms with E-state index in [1.54, 1.807) is 0 Å². The third-order valence-electron chi connectivity index (χ3n) is 3.10. The SMILES string of the molecule is N[C@@H](CCC(=O)NCCSSCCNC(=O)CC[C@H](N)C(=O)O)C(=O)O. The van der Waals surface area contributed by atoms with Crippen LogP contribution in [0.2, 0.25) is 0 Å². The van der Waals surface area contributed by atoms with E-state index >= 15 is 0 Å². The molecule has 0 aromatic heterocycles. The van der Waals surface area contributed by atoms with Gasteiger partial charge in [0, 0.05) is 37.4 Å². The largest absolute Gasteiger partial charge is 0.480 e. The van der Waals surface area contributed by atoms with Crippen LogP contribution >= 0.6 is 21.6 Å². The van der Waals surface area contributed by atoms with Crippen LogP contribution in [0.3, 0.4) is 0 Å². The molecular weight excluding hydrogens is 384 g/mol. The summed E-state index contributed by atoms with van der Waals surface area (Å²) in [7, 11) is 3.06. The van der Waals surface area contributed by atoms with E-state index in [-0.39, 0.29) is 37.5 Å². The van der Waals surface area contributed by atoms with Gasteiger partial charge in [0.15, 0.2) is 0 Å². The van der Waals surface area contributed by atoms with Gasteiger partial charge in [-0.1, -0.05) is 21.6 Å². The van der Waals surface area contributed by atoms with Crippen molar-refractivity contribution in [3.8, 4) is 0 Å². The predicted molar refractivity (Wildman–Crippen MR) is 101 cm³/mol. The summed E-state index contributed by atoms with van der Waals surface area (Å²) in [5, 5.41) is 22.6. The van der Waals surface area contributed by atoms with Gasteiger partial charge in [0.25, 0.3) is 0 Å². The van der Waals surface area contributed by atoms with Crippen LogP contribution in [0.25, 0.3) is 0 Å².